The summed E-state index contributed by atoms with van der Waals surface area (Å²) in [5, 5.41) is 17.7. The molecule has 1 aromatic carbocycles. The Balaban J connectivity index is 2.74. The van der Waals surface area contributed by atoms with Gasteiger partial charge in [-0.1, -0.05) is 6.07 Å². The molecule has 0 radical (unpaired) electrons. The molecule has 0 heterocycles. The summed E-state index contributed by atoms with van der Waals surface area (Å²) in [7, 11) is -1.70. The van der Waals surface area contributed by atoms with Crippen molar-refractivity contribution in [3.05, 3.63) is 29.6 Å². The van der Waals surface area contributed by atoms with Gasteiger partial charge in [0.1, 0.15) is 5.82 Å². The van der Waals surface area contributed by atoms with Crippen LogP contribution in [-0.2, 0) is 16.0 Å². The average molecular weight is 212 g/mol. The maximum atomic E-state index is 13.0. The number of halogens is 1. The highest BCUT2D eigenvalue weighted by molar-refractivity contribution is 6.58. The van der Waals surface area contributed by atoms with Crippen LogP contribution >= 0.6 is 0 Å². The zero-order valence-corrected chi connectivity index (χ0v) is 7.89. The van der Waals surface area contributed by atoms with Crippen LogP contribution in [0.1, 0.15) is 5.56 Å². The maximum absolute atomic E-state index is 13.0. The van der Waals surface area contributed by atoms with E-state index in [-0.39, 0.29) is 12.1 Å². The fourth-order valence-electron chi connectivity index (χ4n) is 1.19. The Kier molecular flexibility index (Phi) is 4.26. The van der Waals surface area contributed by atoms with Crippen LogP contribution in [0, 0.1) is 5.82 Å². The molecule has 0 aliphatic carbocycles. The van der Waals surface area contributed by atoms with Crippen molar-refractivity contribution in [2.45, 2.75) is 6.42 Å². The highest BCUT2D eigenvalue weighted by Crippen LogP contribution is 2.03. The number of ether oxygens (including phenoxy) is 1. The Hall–Kier alpha value is -1.40. The smallest absolute Gasteiger partial charge is 0.468 e. The third kappa shape index (κ3) is 3.69. The lowest BCUT2D eigenvalue weighted by Gasteiger charge is -2.04. The minimum atomic E-state index is -1.70. The van der Waals surface area contributed by atoms with Gasteiger partial charge in [0, 0.05) is 6.42 Å². The Morgan fingerprint density at radius 1 is 1.40 bits per heavy atom. The summed E-state index contributed by atoms with van der Waals surface area (Å²) in [4.78, 5) is 9.86. The van der Waals surface area contributed by atoms with Gasteiger partial charge in [-0.25, -0.2) is 4.39 Å². The molecule has 0 spiro atoms. The second kappa shape index (κ2) is 5.48. The van der Waals surface area contributed by atoms with E-state index in [4.69, 9.17) is 10.0 Å². The normalized spacial score (nSPS) is 9.80. The molecule has 0 aliphatic rings. The van der Waals surface area contributed by atoms with Crippen LogP contribution in [0.25, 0.3) is 0 Å². The second-order valence-electron chi connectivity index (χ2n) is 2.98. The molecule has 6 heteroatoms. The van der Waals surface area contributed by atoms with Gasteiger partial charge < -0.3 is 14.8 Å². The zero-order valence-electron chi connectivity index (χ0n) is 7.89. The Labute approximate surface area is 86.4 Å². The molecular formula is C9H10BFO4. The van der Waals surface area contributed by atoms with Crippen LogP contribution in [0.3, 0.4) is 0 Å². The molecule has 0 aromatic heterocycles. The van der Waals surface area contributed by atoms with E-state index in [1.807, 2.05) is 0 Å². The van der Waals surface area contributed by atoms with Crippen molar-refractivity contribution in [2.75, 3.05) is 6.61 Å². The molecule has 0 aliphatic heterocycles. The SMILES string of the molecule is O=COCCc1cc(F)cc(B(O)O)c1. The highest BCUT2D eigenvalue weighted by atomic mass is 19.1. The molecule has 15 heavy (non-hydrogen) atoms. The van der Waals surface area contributed by atoms with Gasteiger partial charge in [-0.2, -0.15) is 0 Å². The molecule has 0 bridgehead atoms. The van der Waals surface area contributed by atoms with Crippen molar-refractivity contribution in [1.82, 2.24) is 0 Å². The van der Waals surface area contributed by atoms with Gasteiger partial charge in [0.05, 0.1) is 6.61 Å². The predicted octanol–water partition coefficient (Wildman–Crippen LogP) is -0.779. The van der Waals surface area contributed by atoms with Gasteiger partial charge in [-0.05, 0) is 23.2 Å². The second-order valence-corrected chi connectivity index (χ2v) is 2.98. The monoisotopic (exact) mass is 212 g/mol. The first kappa shape index (κ1) is 11.7. The summed E-state index contributed by atoms with van der Waals surface area (Å²) >= 11 is 0. The molecule has 1 aromatic rings. The fraction of sp³-hybridized carbons (Fsp3) is 0.222. The van der Waals surface area contributed by atoms with E-state index in [1.165, 1.54) is 12.1 Å². The van der Waals surface area contributed by atoms with Crippen LogP contribution in [0.4, 0.5) is 4.39 Å². The molecule has 80 valence electrons. The van der Waals surface area contributed by atoms with E-state index in [9.17, 15) is 9.18 Å². The highest BCUT2D eigenvalue weighted by Gasteiger charge is 2.12. The number of carbonyl (C=O) groups is 1. The van der Waals surface area contributed by atoms with E-state index >= 15 is 0 Å². The zero-order chi connectivity index (χ0) is 11.3. The maximum Gasteiger partial charge on any atom is 0.488 e. The standard InChI is InChI=1S/C9H10BFO4/c11-9-4-7(1-2-15-6-12)3-8(5-9)10(13)14/h3-6,13-14H,1-2H2. The molecule has 0 atom stereocenters. The minimum Gasteiger partial charge on any atom is -0.468 e. The number of rotatable bonds is 5. The van der Waals surface area contributed by atoms with Gasteiger partial charge in [0.25, 0.3) is 6.47 Å². The first-order chi connectivity index (χ1) is 7.13. The van der Waals surface area contributed by atoms with Crippen LogP contribution in [-0.4, -0.2) is 30.2 Å². The van der Waals surface area contributed by atoms with Gasteiger partial charge >= 0.3 is 7.12 Å². The number of hydrogen-bond acceptors (Lipinski definition) is 4. The lowest BCUT2D eigenvalue weighted by atomic mass is 9.79. The quantitative estimate of drug-likeness (QED) is 0.381. The van der Waals surface area contributed by atoms with Gasteiger partial charge in [0.15, 0.2) is 0 Å². The first-order valence-corrected chi connectivity index (χ1v) is 4.34. The molecule has 2 N–H and O–H groups in total. The molecule has 1 rings (SSSR count). The number of hydrogen-bond donors (Lipinski definition) is 2. The van der Waals surface area contributed by atoms with Crippen molar-refractivity contribution < 1.29 is 24.0 Å². The van der Waals surface area contributed by atoms with E-state index in [0.29, 0.717) is 18.5 Å². The molecule has 0 fully saturated rings. The topological polar surface area (TPSA) is 66.8 Å². The summed E-state index contributed by atoms with van der Waals surface area (Å²) < 4.78 is 17.4. The van der Waals surface area contributed by atoms with Crippen molar-refractivity contribution in [3.63, 3.8) is 0 Å². The predicted molar refractivity (Wildman–Crippen MR) is 51.9 cm³/mol. The van der Waals surface area contributed by atoms with Gasteiger partial charge in [-0.3, -0.25) is 4.79 Å². The van der Waals surface area contributed by atoms with Crippen LogP contribution in [0.5, 0.6) is 0 Å². The minimum absolute atomic E-state index is 0.0797. The van der Waals surface area contributed by atoms with Gasteiger partial charge in [0.2, 0.25) is 0 Å². The van der Waals surface area contributed by atoms with E-state index in [2.05, 4.69) is 4.74 Å². The lowest BCUT2D eigenvalue weighted by Crippen LogP contribution is -2.30. The molecule has 0 saturated heterocycles. The van der Waals surface area contributed by atoms with E-state index in [1.54, 1.807) is 0 Å². The molecular weight excluding hydrogens is 202 g/mol. The van der Waals surface area contributed by atoms with E-state index < -0.39 is 12.9 Å². The lowest BCUT2D eigenvalue weighted by molar-refractivity contribution is -0.128. The third-order valence-corrected chi connectivity index (χ3v) is 1.85. The third-order valence-electron chi connectivity index (χ3n) is 1.85. The van der Waals surface area contributed by atoms with Gasteiger partial charge in [-0.15, -0.1) is 0 Å². The van der Waals surface area contributed by atoms with Crippen molar-refractivity contribution in [3.8, 4) is 0 Å². The fourth-order valence-corrected chi connectivity index (χ4v) is 1.19. The summed E-state index contributed by atoms with van der Waals surface area (Å²) in [5.41, 5.74) is 0.621. The summed E-state index contributed by atoms with van der Waals surface area (Å²) in [5.74, 6) is -0.554. The van der Waals surface area contributed by atoms with Crippen LogP contribution in [0.15, 0.2) is 18.2 Å². The van der Waals surface area contributed by atoms with Crippen LogP contribution < -0.4 is 5.46 Å². The van der Waals surface area contributed by atoms with Crippen molar-refractivity contribution in [2.24, 2.45) is 0 Å². The Morgan fingerprint density at radius 3 is 2.73 bits per heavy atom. The van der Waals surface area contributed by atoms with E-state index in [0.717, 1.165) is 6.07 Å². The molecule has 0 amide bonds. The van der Waals surface area contributed by atoms with Crippen LogP contribution in [0.2, 0.25) is 0 Å². The summed E-state index contributed by atoms with van der Waals surface area (Å²) in [6.07, 6.45) is 0.330. The number of carbonyl (C=O) groups excluding carboxylic acids is 1. The number of benzene rings is 1. The Morgan fingerprint density at radius 2 is 2.13 bits per heavy atom. The molecule has 4 nitrogen and oxygen atoms in total. The summed E-state index contributed by atoms with van der Waals surface area (Å²) in [6, 6.07) is 3.73. The van der Waals surface area contributed by atoms with Crippen molar-refractivity contribution in [1.29, 1.82) is 0 Å². The first-order valence-electron chi connectivity index (χ1n) is 4.34. The Bertz CT molecular complexity index is 343. The average Bonchev–Trinajstić information content (AvgIpc) is 2.17. The summed E-state index contributed by atoms with van der Waals surface area (Å²) in [6.45, 7) is 0.439. The molecule has 0 saturated carbocycles. The largest absolute Gasteiger partial charge is 0.488 e. The molecule has 0 unspecified atom stereocenters. The van der Waals surface area contributed by atoms with Crippen molar-refractivity contribution >= 4 is 19.1 Å².